The number of rotatable bonds is 9. The minimum absolute atomic E-state index is 0. The van der Waals surface area contributed by atoms with E-state index in [2.05, 4.69) is 0 Å². The standard InChI is InChI=1S/C29H21F6O3P.Li.H/c30-28(31,32)22-12-7-13-23(29(33,34)35)26(22)27(36)39-25-15-14-21(37-17-19-8-3-1-4-9-19)16-24(25)38-18-20-10-5-2-6-11-20;;/h1-16,39H,17-18H2;;/q;+1;-1. The van der Waals surface area contributed by atoms with Gasteiger partial charge in [0.15, 0.2) is 5.52 Å². The normalized spacial score (nSPS) is 11.8. The first-order chi connectivity index (χ1) is 18.5. The molecule has 1 atom stereocenters. The Morgan fingerprint density at radius 2 is 1.18 bits per heavy atom. The molecule has 4 aromatic rings. The van der Waals surface area contributed by atoms with Crippen molar-refractivity contribution in [1.29, 1.82) is 0 Å². The van der Waals surface area contributed by atoms with E-state index in [9.17, 15) is 31.1 Å². The van der Waals surface area contributed by atoms with Gasteiger partial charge in [0, 0.05) is 16.9 Å². The molecule has 40 heavy (non-hydrogen) atoms. The van der Waals surface area contributed by atoms with E-state index in [1.807, 2.05) is 36.4 Å². The molecular weight excluding hydrogens is 548 g/mol. The van der Waals surface area contributed by atoms with Gasteiger partial charge in [0.2, 0.25) is 0 Å². The van der Waals surface area contributed by atoms with E-state index < -0.39 is 43.1 Å². The fraction of sp³-hybridized carbons (Fsp3) is 0.138. The van der Waals surface area contributed by atoms with Gasteiger partial charge in [-0.2, -0.15) is 26.3 Å². The molecule has 0 spiro atoms. The summed E-state index contributed by atoms with van der Waals surface area (Å²) >= 11 is 0. The third-order valence-corrected chi connectivity index (χ3v) is 6.75. The summed E-state index contributed by atoms with van der Waals surface area (Å²) in [4.78, 5) is 13.1. The average molecular weight is 570 g/mol. The van der Waals surface area contributed by atoms with E-state index >= 15 is 0 Å². The number of ether oxygens (including phenoxy) is 2. The third-order valence-electron chi connectivity index (χ3n) is 5.59. The van der Waals surface area contributed by atoms with Gasteiger partial charge in [-0.3, -0.25) is 4.79 Å². The van der Waals surface area contributed by atoms with Crippen LogP contribution in [0.25, 0.3) is 0 Å². The first-order valence-corrected chi connectivity index (χ1v) is 12.6. The summed E-state index contributed by atoms with van der Waals surface area (Å²) in [5.41, 5.74) is -4.33. The Labute approximate surface area is 242 Å². The van der Waals surface area contributed by atoms with E-state index in [1.54, 1.807) is 24.3 Å². The van der Waals surface area contributed by atoms with Crippen molar-refractivity contribution in [3.8, 4) is 11.5 Å². The van der Waals surface area contributed by atoms with E-state index in [-0.39, 0.29) is 44.6 Å². The van der Waals surface area contributed by atoms with Crippen LogP contribution in [0.15, 0.2) is 97.1 Å². The monoisotopic (exact) mass is 570 g/mol. The van der Waals surface area contributed by atoms with Crippen LogP contribution in [-0.4, -0.2) is 5.52 Å². The Morgan fingerprint density at radius 3 is 1.68 bits per heavy atom. The molecule has 0 amide bonds. The van der Waals surface area contributed by atoms with Crippen LogP contribution in [0, 0.1) is 0 Å². The van der Waals surface area contributed by atoms with Crippen molar-refractivity contribution in [2.45, 2.75) is 25.6 Å². The Hall–Kier alpha value is -3.24. The van der Waals surface area contributed by atoms with Crippen LogP contribution >= 0.6 is 8.58 Å². The topological polar surface area (TPSA) is 35.5 Å². The molecule has 0 bridgehead atoms. The number of hydrogen-bond acceptors (Lipinski definition) is 3. The van der Waals surface area contributed by atoms with Crippen LogP contribution < -0.4 is 33.6 Å². The number of hydrogen-bond donors (Lipinski definition) is 0. The predicted octanol–water partition coefficient (Wildman–Crippen LogP) is 5.14. The minimum atomic E-state index is -5.15. The molecule has 0 saturated carbocycles. The molecule has 0 aliphatic carbocycles. The number of benzene rings is 4. The van der Waals surface area contributed by atoms with E-state index in [1.165, 1.54) is 18.2 Å². The molecule has 0 fully saturated rings. The Kier molecular flexibility index (Phi) is 10.5. The van der Waals surface area contributed by atoms with Crippen molar-refractivity contribution in [2.75, 3.05) is 0 Å². The van der Waals surface area contributed by atoms with Gasteiger partial charge in [-0.05, 0) is 44.0 Å². The molecule has 0 saturated heterocycles. The maximum Gasteiger partial charge on any atom is 1.00 e. The molecule has 0 aliphatic rings. The number of halogens is 6. The molecule has 204 valence electrons. The van der Waals surface area contributed by atoms with Crippen LogP contribution in [-0.2, 0) is 25.6 Å². The van der Waals surface area contributed by atoms with Crippen molar-refractivity contribution in [3.05, 3.63) is 125 Å². The molecule has 4 aromatic carbocycles. The molecule has 3 nitrogen and oxygen atoms in total. The molecule has 0 aromatic heterocycles. The smallest absolute Gasteiger partial charge is 1.00 e. The van der Waals surface area contributed by atoms with Crippen LogP contribution in [0.3, 0.4) is 0 Å². The molecule has 0 radical (unpaired) electrons. The zero-order valence-electron chi connectivity index (χ0n) is 22.1. The Bertz CT molecular complexity index is 1400. The fourth-order valence-corrected chi connectivity index (χ4v) is 4.82. The van der Waals surface area contributed by atoms with Gasteiger partial charge in [-0.1, -0.05) is 66.7 Å². The quantitative estimate of drug-likeness (QED) is 0.159. The van der Waals surface area contributed by atoms with Crippen molar-refractivity contribution in [3.63, 3.8) is 0 Å². The molecule has 0 aliphatic heterocycles. The van der Waals surface area contributed by atoms with Gasteiger partial charge in [-0.25, -0.2) is 0 Å². The third kappa shape index (κ3) is 8.14. The van der Waals surface area contributed by atoms with Gasteiger partial charge >= 0.3 is 31.2 Å². The molecule has 4 rings (SSSR count). The van der Waals surface area contributed by atoms with Crippen LogP contribution in [0.1, 0.15) is 34.0 Å². The number of carbonyl (C=O) groups excluding carboxylic acids is 1. The summed E-state index contributed by atoms with van der Waals surface area (Å²) in [5.74, 6) is 0.476. The first-order valence-electron chi connectivity index (χ1n) is 11.6. The van der Waals surface area contributed by atoms with Gasteiger partial charge in [0.05, 0.1) is 11.1 Å². The predicted molar refractivity (Wildman–Crippen MR) is 138 cm³/mol. The van der Waals surface area contributed by atoms with Crippen molar-refractivity contribution in [2.24, 2.45) is 0 Å². The maximum atomic E-state index is 13.6. The largest absolute Gasteiger partial charge is 1.00 e. The minimum Gasteiger partial charge on any atom is -1.00 e. The average Bonchev–Trinajstić information content (AvgIpc) is 2.91. The van der Waals surface area contributed by atoms with Crippen LogP contribution in [0.4, 0.5) is 26.3 Å². The summed E-state index contributed by atoms with van der Waals surface area (Å²) in [6.07, 6.45) is -10.3. The maximum absolute atomic E-state index is 13.6. The van der Waals surface area contributed by atoms with E-state index in [0.717, 1.165) is 11.1 Å². The second-order valence-corrected chi connectivity index (χ2v) is 9.63. The SMILES string of the molecule is O=C(Pc1ccc(OCc2ccccc2)cc1OCc1ccccc1)c1c(C(F)(F)F)cccc1C(F)(F)F.[H-].[Li+]. The summed E-state index contributed by atoms with van der Waals surface area (Å²) in [7, 11) is -1.08. The van der Waals surface area contributed by atoms with Crippen molar-refractivity contribution in [1.82, 2.24) is 0 Å². The van der Waals surface area contributed by atoms with E-state index in [4.69, 9.17) is 9.47 Å². The number of alkyl halides is 6. The zero-order valence-corrected chi connectivity index (χ0v) is 22.1. The molecular formula is C29H22F6LiO3P. The van der Waals surface area contributed by atoms with Crippen molar-refractivity contribution < 1.29 is 60.9 Å². The number of carbonyl (C=O) groups is 1. The van der Waals surface area contributed by atoms with Crippen LogP contribution in [0.2, 0.25) is 0 Å². The van der Waals surface area contributed by atoms with Crippen LogP contribution in [0.5, 0.6) is 11.5 Å². The first kappa shape index (κ1) is 31.3. The summed E-state index contributed by atoms with van der Waals surface area (Å²) < 4.78 is 93.4. The zero-order chi connectivity index (χ0) is 28.0. The van der Waals surface area contributed by atoms with Gasteiger partial charge in [0.25, 0.3) is 0 Å². The summed E-state index contributed by atoms with van der Waals surface area (Å²) in [6.45, 7) is 0.273. The Balaban J connectivity index is 0.00000294. The molecule has 0 heterocycles. The summed E-state index contributed by atoms with van der Waals surface area (Å²) in [6, 6.07) is 24.2. The fourth-order valence-electron chi connectivity index (χ4n) is 3.75. The molecule has 1 unspecified atom stereocenters. The molecule has 11 heteroatoms. The second kappa shape index (κ2) is 13.4. The van der Waals surface area contributed by atoms with Crippen molar-refractivity contribution >= 4 is 19.4 Å². The van der Waals surface area contributed by atoms with E-state index in [0.29, 0.717) is 23.9 Å². The second-order valence-electron chi connectivity index (χ2n) is 8.38. The van der Waals surface area contributed by atoms with Gasteiger partial charge in [-0.15, -0.1) is 0 Å². The summed E-state index contributed by atoms with van der Waals surface area (Å²) in [5, 5.41) is 0.146. The Morgan fingerprint density at radius 1 is 0.675 bits per heavy atom. The van der Waals surface area contributed by atoms with Gasteiger partial charge in [0.1, 0.15) is 24.7 Å². The van der Waals surface area contributed by atoms with Gasteiger partial charge < -0.3 is 10.9 Å². The molecule has 0 N–H and O–H groups in total.